The van der Waals surface area contributed by atoms with Crippen LogP contribution >= 0.6 is 0 Å². The molecule has 0 N–H and O–H groups in total. The molecule has 0 amide bonds. The Balaban J connectivity index is 0.00000128. The third-order valence-corrected chi connectivity index (χ3v) is 2.24. The molecule has 0 saturated carbocycles. The lowest BCUT2D eigenvalue weighted by Gasteiger charge is -1.98. The van der Waals surface area contributed by atoms with Crippen LogP contribution in [0.5, 0.6) is 0 Å². The van der Waals surface area contributed by atoms with Crippen molar-refractivity contribution in [2.75, 3.05) is 0 Å². The van der Waals surface area contributed by atoms with Gasteiger partial charge in [-0.05, 0) is 6.07 Å². The molecular weight excluding hydrogens is 266 g/mol. The van der Waals surface area contributed by atoms with Crippen molar-refractivity contribution in [1.29, 1.82) is 0 Å². The van der Waals surface area contributed by atoms with E-state index in [0.717, 1.165) is 5.56 Å². The van der Waals surface area contributed by atoms with E-state index in [1.54, 1.807) is 0 Å². The number of halogens is 1. The van der Waals surface area contributed by atoms with Gasteiger partial charge in [0.2, 0.25) is 0 Å². The SMILES string of the molecule is C[n+]1cccc(C(=O)c2ccccc2)c1.[Br-]. The third-order valence-electron chi connectivity index (χ3n) is 2.24. The maximum absolute atomic E-state index is 12.0. The summed E-state index contributed by atoms with van der Waals surface area (Å²) in [7, 11) is 1.90. The third kappa shape index (κ3) is 2.76. The second-order valence-electron chi connectivity index (χ2n) is 3.45. The molecule has 0 fully saturated rings. The Labute approximate surface area is 105 Å². The van der Waals surface area contributed by atoms with Gasteiger partial charge >= 0.3 is 0 Å². The summed E-state index contributed by atoms with van der Waals surface area (Å²) in [6, 6.07) is 13.0. The van der Waals surface area contributed by atoms with Gasteiger partial charge in [0, 0.05) is 11.6 Å². The molecule has 0 unspecified atom stereocenters. The number of hydrogen-bond donors (Lipinski definition) is 0. The summed E-state index contributed by atoms with van der Waals surface area (Å²) in [4.78, 5) is 12.0. The molecule has 0 bridgehead atoms. The summed E-state index contributed by atoms with van der Waals surface area (Å²) in [5.74, 6) is 0.0619. The summed E-state index contributed by atoms with van der Waals surface area (Å²) in [5.41, 5.74) is 1.44. The quantitative estimate of drug-likeness (QED) is 0.496. The minimum absolute atomic E-state index is 0. The minimum Gasteiger partial charge on any atom is -1.00 e. The van der Waals surface area contributed by atoms with Gasteiger partial charge in [0.25, 0.3) is 0 Å². The Morgan fingerprint density at radius 1 is 1.00 bits per heavy atom. The maximum atomic E-state index is 12.0. The molecule has 3 heteroatoms. The van der Waals surface area contributed by atoms with Crippen molar-refractivity contribution < 1.29 is 26.3 Å². The lowest BCUT2D eigenvalue weighted by Crippen LogP contribution is -3.00. The number of aryl methyl sites for hydroxylation is 1. The maximum Gasteiger partial charge on any atom is 0.199 e. The Kier molecular flexibility index (Phi) is 4.38. The van der Waals surface area contributed by atoms with E-state index in [1.165, 1.54) is 0 Å². The van der Waals surface area contributed by atoms with Crippen LogP contribution in [0.4, 0.5) is 0 Å². The van der Waals surface area contributed by atoms with Gasteiger partial charge in [-0.1, -0.05) is 30.3 Å². The Bertz CT molecular complexity index is 482. The minimum atomic E-state index is 0. The molecule has 2 rings (SSSR count). The van der Waals surface area contributed by atoms with Gasteiger partial charge in [-0.25, -0.2) is 4.57 Å². The van der Waals surface area contributed by atoms with Crippen LogP contribution in [-0.4, -0.2) is 5.78 Å². The van der Waals surface area contributed by atoms with Crippen molar-refractivity contribution in [1.82, 2.24) is 0 Å². The van der Waals surface area contributed by atoms with Crippen LogP contribution < -0.4 is 21.5 Å². The highest BCUT2D eigenvalue weighted by atomic mass is 79.9. The number of carbonyl (C=O) groups excluding carboxylic acids is 1. The van der Waals surface area contributed by atoms with Gasteiger partial charge in [-0.3, -0.25) is 4.79 Å². The summed E-state index contributed by atoms with van der Waals surface area (Å²) < 4.78 is 1.87. The fourth-order valence-electron chi connectivity index (χ4n) is 1.48. The second-order valence-corrected chi connectivity index (χ2v) is 3.45. The predicted molar refractivity (Wildman–Crippen MR) is 57.5 cm³/mol. The van der Waals surface area contributed by atoms with Gasteiger partial charge < -0.3 is 17.0 Å². The standard InChI is InChI=1S/C13H12NO.BrH/c1-14-9-5-8-12(10-14)13(15)11-6-3-2-4-7-11;/h2-10H,1H3;1H/q+1;/p-1. The number of hydrogen-bond acceptors (Lipinski definition) is 1. The smallest absolute Gasteiger partial charge is 0.199 e. The van der Waals surface area contributed by atoms with Crippen molar-refractivity contribution in [2.24, 2.45) is 7.05 Å². The number of rotatable bonds is 2. The van der Waals surface area contributed by atoms with Gasteiger partial charge in [-0.15, -0.1) is 0 Å². The van der Waals surface area contributed by atoms with Crippen LogP contribution in [0.3, 0.4) is 0 Å². The van der Waals surface area contributed by atoms with E-state index in [9.17, 15) is 4.79 Å². The molecule has 82 valence electrons. The molecule has 0 radical (unpaired) electrons. The van der Waals surface area contributed by atoms with Crippen molar-refractivity contribution in [3.05, 3.63) is 66.0 Å². The van der Waals surface area contributed by atoms with Crippen LogP contribution in [0.2, 0.25) is 0 Å². The number of aromatic nitrogens is 1. The fourth-order valence-corrected chi connectivity index (χ4v) is 1.48. The molecule has 1 aromatic carbocycles. The first-order valence-electron chi connectivity index (χ1n) is 4.82. The van der Waals surface area contributed by atoms with E-state index < -0.39 is 0 Å². The average molecular weight is 278 g/mol. The van der Waals surface area contributed by atoms with Crippen molar-refractivity contribution in [2.45, 2.75) is 0 Å². The molecule has 2 aromatic rings. The molecule has 0 aliphatic heterocycles. The highest BCUT2D eigenvalue weighted by molar-refractivity contribution is 6.08. The molecule has 0 aliphatic rings. The topological polar surface area (TPSA) is 20.9 Å². The van der Waals surface area contributed by atoms with Crippen LogP contribution in [0, 0.1) is 0 Å². The molecule has 16 heavy (non-hydrogen) atoms. The number of benzene rings is 1. The zero-order chi connectivity index (χ0) is 10.7. The van der Waals surface area contributed by atoms with E-state index in [1.807, 2.05) is 66.5 Å². The monoisotopic (exact) mass is 277 g/mol. The Hall–Kier alpha value is -1.48. The molecule has 0 atom stereocenters. The summed E-state index contributed by atoms with van der Waals surface area (Å²) in [6.07, 6.45) is 3.73. The molecule has 0 spiro atoms. The van der Waals surface area contributed by atoms with E-state index in [-0.39, 0.29) is 22.8 Å². The average Bonchev–Trinajstić information content (AvgIpc) is 2.29. The van der Waals surface area contributed by atoms with Gasteiger partial charge in [0.05, 0.1) is 5.56 Å². The summed E-state index contributed by atoms with van der Waals surface area (Å²) >= 11 is 0. The lowest BCUT2D eigenvalue weighted by atomic mass is 10.1. The lowest BCUT2D eigenvalue weighted by molar-refractivity contribution is -0.671. The van der Waals surface area contributed by atoms with E-state index in [2.05, 4.69) is 0 Å². The highest BCUT2D eigenvalue weighted by Crippen LogP contribution is 2.06. The first-order chi connectivity index (χ1) is 7.27. The zero-order valence-electron chi connectivity index (χ0n) is 8.93. The number of pyridine rings is 1. The molecular formula is C13H12BrNO. The fraction of sp³-hybridized carbons (Fsp3) is 0.0769. The largest absolute Gasteiger partial charge is 1.00 e. The van der Waals surface area contributed by atoms with E-state index in [0.29, 0.717) is 5.56 Å². The molecule has 0 aliphatic carbocycles. The molecule has 1 aromatic heterocycles. The molecule has 2 nitrogen and oxygen atoms in total. The van der Waals surface area contributed by atoms with Gasteiger partial charge in [0.15, 0.2) is 18.2 Å². The number of nitrogens with zero attached hydrogens (tertiary/aromatic N) is 1. The van der Waals surface area contributed by atoms with E-state index in [4.69, 9.17) is 0 Å². The summed E-state index contributed by atoms with van der Waals surface area (Å²) in [6.45, 7) is 0. The summed E-state index contributed by atoms with van der Waals surface area (Å²) in [5, 5.41) is 0. The Morgan fingerprint density at radius 3 is 2.25 bits per heavy atom. The number of carbonyl (C=O) groups is 1. The van der Waals surface area contributed by atoms with Crippen LogP contribution in [0.25, 0.3) is 0 Å². The van der Waals surface area contributed by atoms with Crippen LogP contribution in [-0.2, 0) is 7.05 Å². The number of ketones is 1. The first kappa shape index (κ1) is 12.6. The van der Waals surface area contributed by atoms with Crippen LogP contribution in [0.1, 0.15) is 15.9 Å². The normalized spacial score (nSPS) is 9.31. The molecule has 1 heterocycles. The van der Waals surface area contributed by atoms with Crippen molar-refractivity contribution in [3.8, 4) is 0 Å². The van der Waals surface area contributed by atoms with Crippen LogP contribution in [0.15, 0.2) is 54.9 Å². The Morgan fingerprint density at radius 2 is 1.62 bits per heavy atom. The van der Waals surface area contributed by atoms with Crippen molar-refractivity contribution in [3.63, 3.8) is 0 Å². The molecule has 0 saturated heterocycles. The highest BCUT2D eigenvalue weighted by Gasteiger charge is 2.10. The van der Waals surface area contributed by atoms with Crippen molar-refractivity contribution >= 4 is 5.78 Å². The first-order valence-corrected chi connectivity index (χ1v) is 4.82. The predicted octanol–water partition coefficient (Wildman–Crippen LogP) is -1.25. The second kappa shape index (κ2) is 5.56. The van der Waals surface area contributed by atoms with Gasteiger partial charge in [0.1, 0.15) is 7.05 Å². The van der Waals surface area contributed by atoms with Gasteiger partial charge in [-0.2, -0.15) is 0 Å². The zero-order valence-corrected chi connectivity index (χ0v) is 10.5. The van der Waals surface area contributed by atoms with E-state index >= 15 is 0 Å².